The van der Waals surface area contributed by atoms with Crippen molar-refractivity contribution in [2.45, 2.75) is 45.1 Å². The standard InChI is InChI=1S/C13H26N2O2/c1-11(9-17-3)15(2)12(16)13(10-14)7-5-4-6-8-13/h11H,4-10,14H2,1-3H3. The summed E-state index contributed by atoms with van der Waals surface area (Å²) in [5.74, 6) is 0.198. The Bertz CT molecular complexity index is 250. The van der Waals surface area contributed by atoms with E-state index in [1.165, 1.54) is 6.42 Å². The first kappa shape index (κ1) is 14.5. The molecule has 1 saturated carbocycles. The molecule has 4 heteroatoms. The van der Waals surface area contributed by atoms with Gasteiger partial charge in [0.2, 0.25) is 5.91 Å². The van der Waals surface area contributed by atoms with E-state index in [0.29, 0.717) is 13.2 Å². The van der Waals surface area contributed by atoms with Crippen LogP contribution in [-0.4, -0.2) is 44.2 Å². The number of carbonyl (C=O) groups excluding carboxylic acids is 1. The van der Waals surface area contributed by atoms with Gasteiger partial charge < -0.3 is 15.4 Å². The van der Waals surface area contributed by atoms with Crippen LogP contribution in [0.3, 0.4) is 0 Å². The first-order chi connectivity index (χ1) is 8.07. The molecule has 0 heterocycles. The van der Waals surface area contributed by atoms with Crippen LogP contribution in [0.25, 0.3) is 0 Å². The van der Waals surface area contributed by atoms with Gasteiger partial charge in [-0.2, -0.15) is 0 Å². The Balaban J connectivity index is 2.71. The summed E-state index contributed by atoms with van der Waals surface area (Å²) in [6, 6.07) is 0.109. The number of carbonyl (C=O) groups is 1. The number of ether oxygens (including phenoxy) is 1. The number of rotatable bonds is 5. The molecule has 0 bridgehead atoms. The van der Waals surface area contributed by atoms with E-state index in [4.69, 9.17) is 10.5 Å². The van der Waals surface area contributed by atoms with E-state index in [9.17, 15) is 4.79 Å². The number of hydrogen-bond donors (Lipinski definition) is 1. The molecular weight excluding hydrogens is 216 g/mol. The van der Waals surface area contributed by atoms with Crippen LogP contribution in [0.4, 0.5) is 0 Å². The largest absolute Gasteiger partial charge is 0.383 e. The summed E-state index contributed by atoms with van der Waals surface area (Å²) in [5, 5.41) is 0. The van der Waals surface area contributed by atoms with Gasteiger partial charge in [0.1, 0.15) is 0 Å². The highest BCUT2D eigenvalue weighted by molar-refractivity contribution is 5.83. The maximum atomic E-state index is 12.6. The van der Waals surface area contributed by atoms with Crippen molar-refractivity contribution in [1.82, 2.24) is 4.90 Å². The first-order valence-corrected chi connectivity index (χ1v) is 6.53. The Morgan fingerprint density at radius 1 is 1.41 bits per heavy atom. The van der Waals surface area contributed by atoms with Crippen LogP contribution >= 0.6 is 0 Å². The van der Waals surface area contributed by atoms with Crippen molar-refractivity contribution in [3.63, 3.8) is 0 Å². The minimum absolute atomic E-state index is 0.109. The van der Waals surface area contributed by atoms with Crippen molar-refractivity contribution >= 4 is 5.91 Å². The Morgan fingerprint density at radius 3 is 2.47 bits per heavy atom. The zero-order valence-electron chi connectivity index (χ0n) is 11.4. The molecule has 0 aromatic rings. The number of likely N-dealkylation sites (N-methyl/N-ethyl adjacent to an activating group) is 1. The van der Waals surface area contributed by atoms with Crippen molar-refractivity contribution in [2.75, 3.05) is 27.3 Å². The third-order valence-electron chi connectivity index (χ3n) is 4.04. The molecule has 100 valence electrons. The highest BCUT2D eigenvalue weighted by Gasteiger charge is 2.40. The monoisotopic (exact) mass is 242 g/mol. The molecular formula is C13H26N2O2. The first-order valence-electron chi connectivity index (χ1n) is 6.53. The maximum Gasteiger partial charge on any atom is 0.230 e. The molecule has 1 aliphatic rings. The lowest BCUT2D eigenvalue weighted by molar-refractivity contribution is -0.145. The molecule has 1 aliphatic carbocycles. The third-order valence-corrected chi connectivity index (χ3v) is 4.04. The minimum atomic E-state index is -0.311. The number of methoxy groups -OCH3 is 1. The van der Waals surface area contributed by atoms with Crippen LogP contribution < -0.4 is 5.73 Å². The molecule has 4 nitrogen and oxygen atoms in total. The Labute approximate surface area is 104 Å². The van der Waals surface area contributed by atoms with Crippen LogP contribution in [0.1, 0.15) is 39.0 Å². The van der Waals surface area contributed by atoms with Gasteiger partial charge in [0.05, 0.1) is 18.1 Å². The zero-order chi connectivity index (χ0) is 12.9. The second kappa shape index (κ2) is 6.36. The fourth-order valence-electron chi connectivity index (χ4n) is 2.66. The van der Waals surface area contributed by atoms with E-state index in [1.54, 1.807) is 7.11 Å². The van der Waals surface area contributed by atoms with Crippen LogP contribution in [0.5, 0.6) is 0 Å². The van der Waals surface area contributed by atoms with Gasteiger partial charge in [0.25, 0.3) is 0 Å². The SMILES string of the molecule is COCC(C)N(C)C(=O)C1(CN)CCCCC1. The van der Waals surface area contributed by atoms with E-state index in [-0.39, 0.29) is 17.4 Å². The number of hydrogen-bond acceptors (Lipinski definition) is 3. The van der Waals surface area contributed by atoms with Crippen LogP contribution in [0.2, 0.25) is 0 Å². The number of nitrogens with two attached hydrogens (primary N) is 1. The van der Waals surface area contributed by atoms with E-state index in [0.717, 1.165) is 25.7 Å². The lowest BCUT2D eigenvalue weighted by atomic mass is 9.73. The molecule has 1 rings (SSSR count). The summed E-state index contributed by atoms with van der Waals surface area (Å²) in [5.41, 5.74) is 5.56. The molecule has 0 aromatic heterocycles. The second-order valence-electron chi connectivity index (χ2n) is 5.27. The average molecular weight is 242 g/mol. The molecule has 1 atom stereocenters. The van der Waals surface area contributed by atoms with Gasteiger partial charge in [-0.25, -0.2) is 0 Å². The normalized spacial score (nSPS) is 20.9. The molecule has 0 spiro atoms. The molecule has 1 unspecified atom stereocenters. The van der Waals surface area contributed by atoms with Crippen LogP contribution in [-0.2, 0) is 9.53 Å². The fraction of sp³-hybridized carbons (Fsp3) is 0.923. The topological polar surface area (TPSA) is 55.6 Å². The van der Waals surface area contributed by atoms with E-state index in [1.807, 2.05) is 18.9 Å². The highest BCUT2D eigenvalue weighted by atomic mass is 16.5. The molecule has 1 fully saturated rings. The minimum Gasteiger partial charge on any atom is -0.383 e. The summed E-state index contributed by atoms with van der Waals surface area (Å²) >= 11 is 0. The van der Waals surface area contributed by atoms with Crippen molar-refractivity contribution in [1.29, 1.82) is 0 Å². The summed E-state index contributed by atoms with van der Waals surface area (Å²) in [6.45, 7) is 3.05. The predicted molar refractivity (Wildman–Crippen MR) is 68.7 cm³/mol. The summed E-state index contributed by atoms with van der Waals surface area (Å²) < 4.78 is 5.10. The predicted octanol–water partition coefficient (Wildman–Crippen LogP) is 1.39. The van der Waals surface area contributed by atoms with Gasteiger partial charge in [-0.3, -0.25) is 4.79 Å². The molecule has 0 radical (unpaired) electrons. The Kier molecular flexibility index (Phi) is 5.40. The third kappa shape index (κ3) is 3.19. The molecule has 17 heavy (non-hydrogen) atoms. The second-order valence-corrected chi connectivity index (χ2v) is 5.27. The molecule has 0 aromatic carbocycles. The van der Waals surface area contributed by atoms with Gasteiger partial charge in [-0.05, 0) is 19.8 Å². The van der Waals surface area contributed by atoms with Gasteiger partial charge in [-0.1, -0.05) is 19.3 Å². The van der Waals surface area contributed by atoms with Crippen molar-refractivity contribution in [2.24, 2.45) is 11.1 Å². The summed E-state index contributed by atoms with van der Waals surface area (Å²) in [7, 11) is 3.52. The molecule has 0 aliphatic heterocycles. The van der Waals surface area contributed by atoms with E-state index < -0.39 is 0 Å². The van der Waals surface area contributed by atoms with Crippen molar-refractivity contribution in [3.8, 4) is 0 Å². The summed E-state index contributed by atoms with van der Waals surface area (Å²) in [4.78, 5) is 14.4. The zero-order valence-corrected chi connectivity index (χ0v) is 11.4. The lowest BCUT2D eigenvalue weighted by Gasteiger charge is -2.39. The fourth-order valence-corrected chi connectivity index (χ4v) is 2.66. The lowest BCUT2D eigenvalue weighted by Crippen LogP contribution is -2.51. The Morgan fingerprint density at radius 2 is 2.00 bits per heavy atom. The van der Waals surface area contributed by atoms with Gasteiger partial charge in [0, 0.05) is 20.7 Å². The van der Waals surface area contributed by atoms with Gasteiger partial charge in [0.15, 0.2) is 0 Å². The Hall–Kier alpha value is -0.610. The van der Waals surface area contributed by atoms with Crippen LogP contribution in [0, 0.1) is 5.41 Å². The number of nitrogens with zero attached hydrogens (tertiary/aromatic N) is 1. The van der Waals surface area contributed by atoms with Gasteiger partial charge >= 0.3 is 0 Å². The van der Waals surface area contributed by atoms with Crippen molar-refractivity contribution in [3.05, 3.63) is 0 Å². The molecule has 1 amide bonds. The maximum absolute atomic E-state index is 12.6. The average Bonchev–Trinajstić information content (AvgIpc) is 2.38. The quantitative estimate of drug-likeness (QED) is 0.792. The van der Waals surface area contributed by atoms with E-state index in [2.05, 4.69) is 0 Å². The van der Waals surface area contributed by atoms with Crippen LogP contribution in [0.15, 0.2) is 0 Å². The smallest absolute Gasteiger partial charge is 0.230 e. The van der Waals surface area contributed by atoms with Crippen molar-refractivity contribution < 1.29 is 9.53 Å². The highest BCUT2D eigenvalue weighted by Crippen LogP contribution is 2.37. The molecule has 2 N–H and O–H groups in total. The molecule has 0 saturated heterocycles. The summed E-state index contributed by atoms with van der Waals surface area (Å²) in [6.07, 6.45) is 5.34. The number of amides is 1. The van der Waals surface area contributed by atoms with E-state index >= 15 is 0 Å². The van der Waals surface area contributed by atoms with Gasteiger partial charge in [-0.15, -0.1) is 0 Å².